The highest BCUT2D eigenvalue weighted by atomic mass is 32.1. The number of fused-ring (bicyclic) bond motifs is 6. The van der Waals surface area contributed by atoms with Crippen molar-refractivity contribution in [1.29, 1.82) is 0 Å². The number of hydrogen-bond donors (Lipinski definition) is 0. The second-order valence-corrected chi connectivity index (χ2v) is 15.0. The fourth-order valence-corrected chi connectivity index (χ4v) is 9.02. The number of nitrogens with zero attached hydrogens (tertiary/aromatic N) is 3. The molecule has 0 fully saturated rings. The highest BCUT2D eigenvalue weighted by Crippen LogP contribution is 2.45. The van der Waals surface area contributed by atoms with Crippen molar-refractivity contribution in [2.45, 2.75) is 0 Å². The van der Waals surface area contributed by atoms with Gasteiger partial charge in [0.2, 0.25) is 0 Å². The van der Waals surface area contributed by atoms with Crippen LogP contribution in [0.4, 0.5) is 0 Å². The second-order valence-electron chi connectivity index (χ2n) is 14.0. The average molecular weight is 734 g/mol. The van der Waals surface area contributed by atoms with Crippen molar-refractivity contribution in [2.24, 2.45) is 0 Å². The maximum atomic E-state index is 6.85. The molecule has 0 aliphatic heterocycles. The van der Waals surface area contributed by atoms with Crippen LogP contribution in [0.2, 0.25) is 0 Å². The van der Waals surface area contributed by atoms with Gasteiger partial charge in [0.15, 0.2) is 17.5 Å². The minimum absolute atomic E-state index is 0.587. The number of furan rings is 1. The number of thiophene rings is 1. The first kappa shape index (κ1) is 32.2. The van der Waals surface area contributed by atoms with E-state index < -0.39 is 0 Å². The van der Waals surface area contributed by atoms with Crippen molar-refractivity contribution in [2.75, 3.05) is 0 Å². The summed E-state index contributed by atoms with van der Waals surface area (Å²) in [6.07, 6.45) is 0. The molecule has 11 aromatic rings. The zero-order valence-corrected chi connectivity index (χ0v) is 30.9. The van der Waals surface area contributed by atoms with Crippen LogP contribution in [0.5, 0.6) is 0 Å². The Kier molecular flexibility index (Phi) is 7.64. The van der Waals surface area contributed by atoms with Gasteiger partial charge in [0.05, 0.1) is 0 Å². The highest BCUT2D eigenvalue weighted by Gasteiger charge is 2.19. The monoisotopic (exact) mass is 733 g/mol. The molecule has 262 valence electrons. The SMILES string of the molecule is c1ccc(-c2cccc(-c3nc(-c4ccccc4)nc(-c4ccc5c(c4)oc4c(-c6cc(-c7ccccc7)c7sc8ccccc8c7c6)cccc45)n3)c2)cc1. The van der Waals surface area contributed by atoms with E-state index in [2.05, 4.69) is 152 Å². The van der Waals surface area contributed by atoms with Gasteiger partial charge in [-0.1, -0.05) is 152 Å². The summed E-state index contributed by atoms with van der Waals surface area (Å²) in [6, 6.07) is 65.6. The standard InChI is InChI=1S/C51H31N3OS/c1-4-14-32(15-5-1)35-20-12-21-36(28-35)50-52-49(34-18-8-3-9-19-34)53-51(54-50)37-26-27-40-42-24-13-23-39(47(42)55-45(40)31-37)38-29-43(33-16-6-2-7-17-33)48-44(30-38)41-22-10-11-25-46(41)56-48/h1-31H. The van der Waals surface area contributed by atoms with Crippen LogP contribution in [0.15, 0.2) is 192 Å². The van der Waals surface area contributed by atoms with Gasteiger partial charge in [-0.2, -0.15) is 0 Å². The first-order chi connectivity index (χ1) is 27.7. The van der Waals surface area contributed by atoms with Crippen molar-refractivity contribution in [1.82, 2.24) is 15.0 Å². The summed E-state index contributed by atoms with van der Waals surface area (Å²) in [5.74, 6) is 1.82. The predicted molar refractivity (Wildman–Crippen MR) is 233 cm³/mol. The molecule has 0 radical (unpaired) electrons. The molecular weight excluding hydrogens is 703 g/mol. The van der Waals surface area contributed by atoms with Gasteiger partial charge in [0, 0.05) is 58.8 Å². The van der Waals surface area contributed by atoms with Gasteiger partial charge < -0.3 is 4.42 Å². The molecule has 4 nitrogen and oxygen atoms in total. The van der Waals surface area contributed by atoms with Gasteiger partial charge in [-0.25, -0.2) is 15.0 Å². The normalized spacial score (nSPS) is 11.6. The molecular formula is C51H31N3OS. The van der Waals surface area contributed by atoms with E-state index in [-0.39, 0.29) is 0 Å². The lowest BCUT2D eigenvalue weighted by Gasteiger charge is -2.09. The minimum Gasteiger partial charge on any atom is -0.455 e. The molecule has 3 heterocycles. The molecule has 5 heteroatoms. The fraction of sp³-hybridized carbons (Fsp3) is 0. The lowest BCUT2D eigenvalue weighted by molar-refractivity contribution is 0.670. The van der Waals surface area contributed by atoms with Gasteiger partial charge in [0.25, 0.3) is 0 Å². The van der Waals surface area contributed by atoms with Crippen LogP contribution >= 0.6 is 11.3 Å². The zero-order chi connectivity index (χ0) is 37.0. The molecule has 0 saturated carbocycles. The summed E-state index contributed by atoms with van der Waals surface area (Å²) in [7, 11) is 0. The number of hydrogen-bond acceptors (Lipinski definition) is 5. The van der Waals surface area contributed by atoms with Crippen LogP contribution < -0.4 is 0 Å². The molecule has 0 saturated heterocycles. The van der Waals surface area contributed by atoms with Crippen LogP contribution in [0, 0.1) is 0 Å². The zero-order valence-electron chi connectivity index (χ0n) is 30.1. The maximum Gasteiger partial charge on any atom is 0.164 e. The van der Waals surface area contributed by atoms with E-state index in [1.54, 1.807) is 0 Å². The van der Waals surface area contributed by atoms with E-state index in [1.807, 2.05) is 47.7 Å². The van der Waals surface area contributed by atoms with E-state index >= 15 is 0 Å². The van der Waals surface area contributed by atoms with Gasteiger partial charge in [-0.15, -0.1) is 11.3 Å². The third-order valence-corrected chi connectivity index (χ3v) is 11.7. The van der Waals surface area contributed by atoms with Crippen molar-refractivity contribution < 1.29 is 4.42 Å². The molecule has 0 N–H and O–H groups in total. The lowest BCUT2D eigenvalue weighted by atomic mass is 9.95. The van der Waals surface area contributed by atoms with Crippen LogP contribution in [-0.4, -0.2) is 15.0 Å². The average Bonchev–Trinajstić information content (AvgIpc) is 3.85. The summed E-state index contributed by atoms with van der Waals surface area (Å²) in [4.78, 5) is 15.1. The van der Waals surface area contributed by atoms with Crippen molar-refractivity contribution in [3.63, 3.8) is 0 Å². The largest absolute Gasteiger partial charge is 0.455 e. The summed E-state index contributed by atoms with van der Waals surface area (Å²) >= 11 is 1.85. The third-order valence-electron chi connectivity index (χ3n) is 10.5. The van der Waals surface area contributed by atoms with Crippen molar-refractivity contribution in [3.05, 3.63) is 188 Å². The smallest absolute Gasteiger partial charge is 0.164 e. The Bertz CT molecular complexity index is 3240. The Morgan fingerprint density at radius 1 is 0.339 bits per heavy atom. The highest BCUT2D eigenvalue weighted by molar-refractivity contribution is 7.26. The van der Waals surface area contributed by atoms with Crippen molar-refractivity contribution >= 4 is 53.4 Å². The predicted octanol–water partition coefficient (Wildman–Crippen LogP) is 14.1. The first-order valence-electron chi connectivity index (χ1n) is 18.7. The molecule has 3 aromatic heterocycles. The molecule has 0 atom stereocenters. The summed E-state index contributed by atoms with van der Waals surface area (Å²) in [5, 5.41) is 4.64. The van der Waals surface area contributed by atoms with E-state index in [0.29, 0.717) is 17.5 Å². The first-order valence-corrected chi connectivity index (χ1v) is 19.5. The molecule has 56 heavy (non-hydrogen) atoms. The Morgan fingerprint density at radius 3 is 1.70 bits per heavy atom. The molecule has 0 aliphatic carbocycles. The summed E-state index contributed by atoms with van der Waals surface area (Å²) < 4.78 is 9.43. The van der Waals surface area contributed by atoms with Gasteiger partial charge in [0.1, 0.15) is 11.2 Å². The third kappa shape index (κ3) is 5.56. The molecule has 0 spiro atoms. The Labute approximate surface area is 327 Å². The Balaban J connectivity index is 1.07. The van der Waals surface area contributed by atoms with E-state index in [1.165, 1.54) is 31.3 Å². The van der Waals surface area contributed by atoms with E-state index in [9.17, 15) is 0 Å². The van der Waals surface area contributed by atoms with Gasteiger partial charge in [-0.05, 0) is 58.7 Å². The molecule has 8 aromatic carbocycles. The molecule has 0 bridgehead atoms. The summed E-state index contributed by atoms with van der Waals surface area (Å²) in [5.41, 5.74) is 11.2. The molecule has 0 unspecified atom stereocenters. The van der Waals surface area contributed by atoms with Gasteiger partial charge in [-0.3, -0.25) is 0 Å². The second kappa shape index (κ2) is 13.3. The van der Waals surface area contributed by atoms with Crippen molar-refractivity contribution in [3.8, 4) is 67.5 Å². The number of benzene rings is 8. The molecule has 0 aliphatic rings. The van der Waals surface area contributed by atoms with E-state index in [0.717, 1.165) is 60.9 Å². The Hall–Kier alpha value is -7.21. The topological polar surface area (TPSA) is 51.8 Å². The van der Waals surface area contributed by atoms with Gasteiger partial charge >= 0.3 is 0 Å². The van der Waals surface area contributed by atoms with Crippen LogP contribution in [-0.2, 0) is 0 Å². The van der Waals surface area contributed by atoms with Crippen LogP contribution in [0.3, 0.4) is 0 Å². The minimum atomic E-state index is 0.587. The molecule has 0 amide bonds. The maximum absolute atomic E-state index is 6.85. The summed E-state index contributed by atoms with van der Waals surface area (Å²) in [6.45, 7) is 0. The fourth-order valence-electron chi connectivity index (χ4n) is 7.80. The Morgan fingerprint density at radius 2 is 0.929 bits per heavy atom. The lowest BCUT2D eigenvalue weighted by Crippen LogP contribution is -2.00. The number of para-hydroxylation sites is 1. The quantitative estimate of drug-likeness (QED) is 0.171. The number of rotatable bonds is 6. The number of aromatic nitrogens is 3. The van der Waals surface area contributed by atoms with Crippen LogP contribution in [0.1, 0.15) is 0 Å². The van der Waals surface area contributed by atoms with Crippen LogP contribution in [0.25, 0.3) is 110 Å². The molecule has 11 rings (SSSR count). The van der Waals surface area contributed by atoms with E-state index in [4.69, 9.17) is 19.4 Å².